The lowest BCUT2D eigenvalue weighted by Gasteiger charge is -2.05. The van der Waals surface area contributed by atoms with Crippen molar-refractivity contribution in [2.24, 2.45) is 0 Å². The molecule has 1 aromatic carbocycles. The number of urea groups is 1. The van der Waals surface area contributed by atoms with E-state index in [1.54, 1.807) is 0 Å². The summed E-state index contributed by atoms with van der Waals surface area (Å²) in [6.45, 7) is 0.586. The largest absolute Gasteiger partial charge is 0.338 e. The summed E-state index contributed by atoms with van der Waals surface area (Å²) in [7, 11) is 0. The number of nitriles is 1. The monoisotopic (exact) mass is 281 g/mol. The van der Waals surface area contributed by atoms with Gasteiger partial charge in [-0.25, -0.2) is 4.79 Å². The fourth-order valence-electron chi connectivity index (χ4n) is 1.15. The highest BCUT2D eigenvalue weighted by atomic mass is 79.9. The summed E-state index contributed by atoms with van der Waals surface area (Å²) in [6, 6.07) is 9.45. The van der Waals surface area contributed by atoms with E-state index >= 15 is 0 Å². The molecule has 84 valence electrons. The number of hydrogen-bond acceptors (Lipinski definition) is 2. The predicted molar refractivity (Wildman–Crippen MR) is 64.9 cm³/mol. The van der Waals surface area contributed by atoms with Crippen molar-refractivity contribution in [3.05, 3.63) is 34.3 Å². The van der Waals surface area contributed by atoms with E-state index in [2.05, 4.69) is 26.6 Å². The fourth-order valence-corrected chi connectivity index (χ4v) is 1.42. The molecule has 0 bridgehead atoms. The molecule has 1 aromatic rings. The summed E-state index contributed by atoms with van der Waals surface area (Å²) < 4.78 is 1.04. The molecule has 5 heteroatoms. The SMILES string of the molecule is N#CCNC(=O)NCCc1ccc(Br)cc1. The van der Waals surface area contributed by atoms with Gasteiger partial charge in [0.25, 0.3) is 0 Å². The number of carbonyl (C=O) groups excluding carboxylic acids is 1. The normalized spacial score (nSPS) is 9.25. The number of halogens is 1. The molecule has 0 heterocycles. The Balaban J connectivity index is 2.23. The first-order valence-corrected chi connectivity index (χ1v) is 5.65. The lowest BCUT2D eigenvalue weighted by molar-refractivity contribution is 0.242. The van der Waals surface area contributed by atoms with Crippen molar-refractivity contribution in [1.82, 2.24) is 10.6 Å². The summed E-state index contributed by atoms with van der Waals surface area (Å²) >= 11 is 3.35. The lowest BCUT2D eigenvalue weighted by Crippen LogP contribution is -2.36. The number of hydrogen-bond donors (Lipinski definition) is 2. The van der Waals surface area contributed by atoms with Crippen LogP contribution < -0.4 is 10.6 Å². The molecular weight excluding hydrogens is 270 g/mol. The number of nitrogens with zero attached hydrogens (tertiary/aromatic N) is 1. The van der Waals surface area contributed by atoms with Crippen LogP contribution in [0.1, 0.15) is 5.56 Å². The fraction of sp³-hybridized carbons (Fsp3) is 0.273. The van der Waals surface area contributed by atoms with Crippen LogP contribution >= 0.6 is 15.9 Å². The first-order chi connectivity index (χ1) is 7.72. The molecule has 0 aliphatic heterocycles. The van der Waals surface area contributed by atoms with Crippen LogP contribution in [0.4, 0.5) is 4.79 Å². The predicted octanol–water partition coefficient (Wildman–Crippen LogP) is 1.81. The molecule has 0 aliphatic carbocycles. The van der Waals surface area contributed by atoms with Crippen LogP contribution in [0, 0.1) is 11.3 Å². The van der Waals surface area contributed by atoms with Crippen LogP contribution in [-0.2, 0) is 6.42 Å². The third-order valence-corrected chi connectivity index (χ3v) is 2.47. The van der Waals surface area contributed by atoms with Crippen molar-refractivity contribution in [3.63, 3.8) is 0 Å². The Kier molecular flexibility index (Phi) is 5.37. The molecule has 0 aromatic heterocycles. The van der Waals surface area contributed by atoms with E-state index in [-0.39, 0.29) is 12.6 Å². The number of carbonyl (C=O) groups is 1. The number of amides is 2. The average Bonchev–Trinajstić information content (AvgIpc) is 2.29. The van der Waals surface area contributed by atoms with Crippen LogP contribution in [0.3, 0.4) is 0 Å². The number of nitrogens with one attached hydrogen (secondary N) is 2. The Hall–Kier alpha value is -1.54. The van der Waals surface area contributed by atoms with Gasteiger partial charge in [0.05, 0.1) is 6.07 Å². The van der Waals surface area contributed by atoms with Crippen molar-refractivity contribution in [2.45, 2.75) is 6.42 Å². The van der Waals surface area contributed by atoms with Gasteiger partial charge >= 0.3 is 6.03 Å². The minimum Gasteiger partial charge on any atom is -0.338 e. The molecule has 2 amide bonds. The van der Waals surface area contributed by atoms with Gasteiger partial charge in [-0.1, -0.05) is 28.1 Å². The summed E-state index contributed by atoms with van der Waals surface area (Å²) in [5.74, 6) is 0. The smallest absolute Gasteiger partial charge is 0.315 e. The van der Waals surface area contributed by atoms with Gasteiger partial charge in [0.2, 0.25) is 0 Å². The molecular formula is C11H12BrN3O. The second-order valence-corrected chi connectivity index (χ2v) is 4.06. The Bertz CT molecular complexity index is 383. The second-order valence-electron chi connectivity index (χ2n) is 3.14. The van der Waals surface area contributed by atoms with Crippen LogP contribution in [0.25, 0.3) is 0 Å². The van der Waals surface area contributed by atoms with Gasteiger partial charge in [0, 0.05) is 11.0 Å². The van der Waals surface area contributed by atoms with Crippen molar-refractivity contribution >= 4 is 22.0 Å². The van der Waals surface area contributed by atoms with Crippen molar-refractivity contribution < 1.29 is 4.79 Å². The maximum atomic E-state index is 11.1. The quantitative estimate of drug-likeness (QED) is 0.827. The Morgan fingerprint density at radius 3 is 2.62 bits per heavy atom. The Morgan fingerprint density at radius 2 is 2.00 bits per heavy atom. The highest BCUT2D eigenvalue weighted by Crippen LogP contribution is 2.10. The number of benzene rings is 1. The molecule has 0 fully saturated rings. The average molecular weight is 282 g/mol. The zero-order valence-corrected chi connectivity index (χ0v) is 10.3. The minimum absolute atomic E-state index is 0.0319. The van der Waals surface area contributed by atoms with Gasteiger partial charge in [-0.3, -0.25) is 0 Å². The minimum atomic E-state index is -0.307. The van der Waals surface area contributed by atoms with Gasteiger partial charge in [0.1, 0.15) is 6.54 Å². The summed E-state index contributed by atoms with van der Waals surface area (Å²) in [4.78, 5) is 11.1. The molecule has 4 nitrogen and oxygen atoms in total. The molecule has 0 saturated heterocycles. The highest BCUT2D eigenvalue weighted by Gasteiger charge is 1.98. The standard InChI is InChI=1S/C11H12BrN3O/c12-10-3-1-9(2-4-10)5-7-14-11(16)15-8-6-13/h1-4H,5,7-8H2,(H2,14,15,16). The van der Waals surface area contributed by atoms with E-state index in [1.165, 1.54) is 0 Å². The van der Waals surface area contributed by atoms with E-state index < -0.39 is 0 Å². The van der Waals surface area contributed by atoms with E-state index in [4.69, 9.17) is 5.26 Å². The molecule has 0 unspecified atom stereocenters. The van der Waals surface area contributed by atoms with E-state index in [9.17, 15) is 4.79 Å². The van der Waals surface area contributed by atoms with Gasteiger partial charge in [-0.2, -0.15) is 5.26 Å². The Morgan fingerprint density at radius 1 is 1.31 bits per heavy atom. The molecule has 0 spiro atoms. The van der Waals surface area contributed by atoms with Crippen molar-refractivity contribution in [2.75, 3.05) is 13.1 Å². The zero-order valence-electron chi connectivity index (χ0n) is 8.66. The molecule has 16 heavy (non-hydrogen) atoms. The summed E-state index contributed by atoms with van der Waals surface area (Å²) in [5.41, 5.74) is 1.16. The Labute approximate surface area is 103 Å². The summed E-state index contributed by atoms with van der Waals surface area (Å²) in [6.07, 6.45) is 0.771. The third-order valence-electron chi connectivity index (χ3n) is 1.94. The van der Waals surface area contributed by atoms with E-state index in [0.717, 1.165) is 16.5 Å². The first-order valence-electron chi connectivity index (χ1n) is 4.85. The second kappa shape index (κ2) is 6.85. The van der Waals surface area contributed by atoms with Gasteiger partial charge in [0.15, 0.2) is 0 Å². The molecule has 2 N–H and O–H groups in total. The zero-order chi connectivity index (χ0) is 11.8. The highest BCUT2D eigenvalue weighted by molar-refractivity contribution is 9.10. The van der Waals surface area contributed by atoms with Gasteiger partial charge in [-0.15, -0.1) is 0 Å². The van der Waals surface area contributed by atoms with E-state index in [0.29, 0.717) is 6.54 Å². The van der Waals surface area contributed by atoms with Gasteiger partial charge in [-0.05, 0) is 24.1 Å². The first kappa shape index (κ1) is 12.5. The van der Waals surface area contributed by atoms with E-state index in [1.807, 2.05) is 30.3 Å². The molecule has 0 saturated carbocycles. The third kappa shape index (κ3) is 4.80. The van der Waals surface area contributed by atoms with Crippen molar-refractivity contribution in [3.8, 4) is 6.07 Å². The topological polar surface area (TPSA) is 64.9 Å². The molecule has 0 radical (unpaired) electrons. The summed E-state index contributed by atoms with van der Waals surface area (Å²) in [5, 5.41) is 13.3. The van der Waals surface area contributed by atoms with Crippen LogP contribution in [0.15, 0.2) is 28.7 Å². The number of rotatable bonds is 4. The molecule has 0 aliphatic rings. The van der Waals surface area contributed by atoms with Crippen LogP contribution in [0.5, 0.6) is 0 Å². The van der Waals surface area contributed by atoms with Crippen LogP contribution in [-0.4, -0.2) is 19.1 Å². The van der Waals surface area contributed by atoms with Gasteiger partial charge < -0.3 is 10.6 Å². The maximum Gasteiger partial charge on any atom is 0.315 e. The lowest BCUT2D eigenvalue weighted by atomic mass is 10.1. The molecule has 1 rings (SSSR count). The van der Waals surface area contributed by atoms with Crippen LogP contribution in [0.2, 0.25) is 0 Å². The maximum absolute atomic E-state index is 11.1. The van der Waals surface area contributed by atoms with Crippen molar-refractivity contribution in [1.29, 1.82) is 5.26 Å². The molecule has 0 atom stereocenters.